The Kier molecular flexibility index (Phi) is 3.06. The molecule has 102 valence electrons. The van der Waals surface area contributed by atoms with Gasteiger partial charge in [0.1, 0.15) is 17.3 Å². The number of hydrogen-bond acceptors (Lipinski definition) is 3. The first-order valence-corrected chi connectivity index (χ1v) is 6.38. The third kappa shape index (κ3) is 1.99. The number of rotatable bonds is 3. The Morgan fingerprint density at radius 2 is 1.70 bits per heavy atom. The molecule has 0 aliphatic rings. The fourth-order valence-corrected chi connectivity index (χ4v) is 2.32. The average molecular weight is 268 g/mol. The van der Waals surface area contributed by atoms with E-state index in [0.29, 0.717) is 0 Å². The van der Waals surface area contributed by atoms with Crippen molar-refractivity contribution in [2.45, 2.75) is 0 Å². The maximum Gasteiger partial charge on any atom is 0.140 e. The van der Waals surface area contributed by atoms with E-state index in [4.69, 9.17) is 9.47 Å². The van der Waals surface area contributed by atoms with Crippen LogP contribution in [0.3, 0.4) is 0 Å². The number of aromatic nitrogens is 2. The zero-order valence-corrected chi connectivity index (χ0v) is 11.8. The Bertz CT molecular complexity index is 762. The van der Waals surface area contributed by atoms with E-state index in [0.717, 1.165) is 33.9 Å². The molecule has 0 spiro atoms. The minimum absolute atomic E-state index is 0.826. The molecule has 1 heterocycles. The molecule has 3 rings (SSSR count). The lowest BCUT2D eigenvalue weighted by atomic mass is 10.2. The van der Waals surface area contributed by atoms with Gasteiger partial charge in [-0.25, -0.2) is 4.98 Å². The topological polar surface area (TPSA) is 36.3 Å². The Hall–Kier alpha value is -2.49. The molecule has 0 amide bonds. The molecule has 0 radical (unpaired) electrons. The summed E-state index contributed by atoms with van der Waals surface area (Å²) >= 11 is 0. The molecule has 0 bridgehead atoms. The van der Waals surface area contributed by atoms with Gasteiger partial charge in [0, 0.05) is 18.7 Å². The van der Waals surface area contributed by atoms with Crippen molar-refractivity contribution in [2.75, 3.05) is 14.2 Å². The SMILES string of the molecule is COc1cccc(-c2nc3ccc(OC)cc3n2C)c1. The van der Waals surface area contributed by atoms with E-state index in [1.807, 2.05) is 49.5 Å². The highest BCUT2D eigenvalue weighted by Gasteiger charge is 2.11. The van der Waals surface area contributed by atoms with Gasteiger partial charge in [-0.2, -0.15) is 0 Å². The maximum atomic E-state index is 5.27. The molecule has 20 heavy (non-hydrogen) atoms. The van der Waals surface area contributed by atoms with Crippen molar-refractivity contribution >= 4 is 11.0 Å². The summed E-state index contributed by atoms with van der Waals surface area (Å²) in [5, 5.41) is 0. The number of aryl methyl sites for hydroxylation is 1. The van der Waals surface area contributed by atoms with Gasteiger partial charge >= 0.3 is 0 Å². The molecule has 1 aromatic heterocycles. The lowest BCUT2D eigenvalue weighted by Crippen LogP contribution is -1.93. The van der Waals surface area contributed by atoms with Crippen LogP contribution < -0.4 is 9.47 Å². The van der Waals surface area contributed by atoms with Crippen LogP contribution in [-0.4, -0.2) is 23.8 Å². The highest BCUT2D eigenvalue weighted by Crippen LogP contribution is 2.28. The second-order valence-corrected chi connectivity index (χ2v) is 4.58. The largest absolute Gasteiger partial charge is 0.497 e. The summed E-state index contributed by atoms with van der Waals surface area (Å²) in [6.45, 7) is 0. The lowest BCUT2D eigenvalue weighted by molar-refractivity contribution is 0.415. The first-order chi connectivity index (χ1) is 9.72. The van der Waals surface area contributed by atoms with E-state index in [9.17, 15) is 0 Å². The van der Waals surface area contributed by atoms with Crippen LogP contribution in [-0.2, 0) is 7.05 Å². The third-order valence-electron chi connectivity index (χ3n) is 3.42. The Labute approximate surface area is 117 Å². The van der Waals surface area contributed by atoms with Gasteiger partial charge in [-0.3, -0.25) is 0 Å². The number of ether oxygens (including phenoxy) is 2. The molecule has 4 nitrogen and oxygen atoms in total. The van der Waals surface area contributed by atoms with E-state index < -0.39 is 0 Å². The molecular weight excluding hydrogens is 252 g/mol. The molecule has 2 aromatic carbocycles. The van der Waals surface area contributed by atoms with Crippen LogP contribution in [0.25, 0.3) is 22.4 Å². The zero-order valence-electron chi connectivity index (χ0n) is 11.8. The average Bonchev–Trinajstić information content (AvgIpc) is 2.84. The molecule has 0 unspecified atom stereocenters. The molecule has 0 saturated carbocycles. The van der Waals surface area contributed by atoms with Gasteiger partial charge in [0.2, 0.25) is 0 Å². The molecular formula is C16H16N2O2. The van der Waals surface area contributed by atoms with Gasteiger partial charge in [-0.05, 0) is 24.3 Å². The number of nitrogens with zero attached hydrogens (tertiary/aromatic N) is 2. The summed E-state index contributed by atoms with van der Waals surface area (Å²) in [5.74, 6) is 2.57. The quantitative estimate of drug-likeness (QED) is 0.731. The van der Waals surface area contributed by atoms with Crippen LogP contribution in [0.4, 0.5) is 0 Å². The summed E-state index contributed by atoms with van der Waals surface area (Å²) in [7, 11) is 5.34. The lowest BCUT2D eigenvalue weighted by Gasteiger charge is -2.05. The van der Waals surface area contributed by atoms with Gasteiger partial charge in [0.25, 0.3) is 0 Å². The zero-order chi connectivity index (χ0) is 14.1. The molecule has 0 N–H and O–H groups in total. The maximum absolute atomic E-state index is 5.27. The second kappa shape index (κ2) is 4.89. The van der Waals surface area contributed by atoms with Crippen LogP contribution in [0, 0.1) is 0 Å². The van der Waals surface area contributed by atoms with Crippen molar-refractivity contribution in [3.8, 4) is 22.9 Å². The van der Waals surface area contributed by atoms with E-state index >= 15 is 0 Å². The van der Waals surface area contributed by atoms with Gasteiger partial charge in [0.15, 0.2) is 0 Å². The Morgan fingerprint density at radius 3 is 2.45 bits per heavy atom. The molecule has 4 heteroatoms. The highest BCUT2D eigenvalue weighted by atomic mass is 16.5. The minimum atomic E-state index is 0.826. The smallest absolute Gasteiger partial charge is 0.140 e. The van der Waals surface area contributed by atoms with E-state index in [2.05, 4.69) is 9.55 Å². The highest BCUT2D eigenvalue weighted by molar-refractivity contribution is 5.82. The number of hydrogen-bond donors (Lipinski definition) is 0. The summed E-state index contributed by atoms with van der Waals surface area (Å²) in [4.78, 5) is 4.69. The first kappa shape index (κ1) is 12.5. The van der Waals surface area contributed by atoms with Crippen molar-refractivity contribution in [2.24, 2.45) is 7.05 Å². The monoisotopic (exact) mass is 268 g/mol. The normalized spacial score (nSPS) is 10.8. The molecule has 3 aromatic rings. The van der Waals surface area contributed by atoms with Crippen molar-refractivity contribution in [3.05, 3.63) is 42.5 Å². The minimum Gasteiger partial charge on any atom is -0.497 e. The van der Waals surface area contributed by atoms with Gasteiger partial charge < -0.3 is 14.0 Å². The van der Waals surface area contributed by atoms with Crippen molar-refractivity contribution < 1.29 is 9.47 Å². The van der Waals surface area contributed by atoms with E-state index in [1.54, 1.807) is 14.2 Å². The summed E-state index contributed by atoms with van der Waals surface area (Å²) in [5.41, 5.74) is 3.02. The van der Waals surface area contributed by atoms with Crippen molar-refractivity contribution in [1.29, 1.82) is 0 Å². The first-order valence-electron chi connectivity index (χ1n) is 6.38. The van der Waals surface area contributed by atoms with Crippen LogP contribution in [0.5, 0.6) is 11.5 Å². The van der Waals surface area contributed by atoms with Crippen LogP contribution in [0.15, 0.2) is 42.5 Å². The standard InChI is InChI=1S/C16H16N2O2/c1-18-15-10-13(20-3)7-8-14(15)17-16(18)11-5-4-6-12(9-11)19-2/h4-10H,1-3H3. The number of imidazole rings is 1. The molecule has 0 aliphatic carbocycles. The van der Waals surface area contributed by atoms with Crippen LogP contribution in [0.2, 0.25) is 0 Å². The van der Waals surface area contributed by atoms with Gasteiger partial charge in [-0.15, -0.1) is 0 Å². The van der Waals surface area contributed by atoms with Crippen molar-refractivity contribution in [3.63, 3.8) is 0 Å². The molecule has 0 saturated heterocycles. The summed E-state index contributed by atoms with van der Waals surface area (Å²) in [6, 6.07) is 13.8. The van der Waals surface area contributed by atoms with Crippen LogP contribution in [0.1, 0.15) is 0 Å². The molecule has 0 aliphatic heterocycles. The number of methoxy groups -OCH3 is 2. The van der Waals surface area contributed by atoms with E-state index in [1.165, 1.54) is 0 Å². The van der Waals surface area contributed by atoms with Gasteiger partial charge in [0.05, 0.1) is 25.3 Å². The Morgan fingerprint density at radius 1 is 0.950 bits per heavy atom. The fourth-order valence-electron chi connectivity index (χ4n) is 2.32. The van der Waals surface area contributed by atoms with E-state index in [-0.39, 0.29) is 0 Å². The molecule has 0 atom stereocenters. The predicted octanol–water partition coefficient (Wildman–Crippen LogP) is 3.26. The summed E-state index contributed by atoms with van der Waals surface area (Å²) in [6.07, 6.45) is 0. The predicted molar refractivity (Wildman–Crippen MR) is 79.3 cm³/mol. The second-order valence-electron chi connectivity index (χ2n) is 4.58. The Balaban J connectivity index is 2.18. The number of benzene rings is 2. The molecule has 0 fully saturated rings. The number of fused-ring (bicyclic) bond motifs is 1. The summed E-state index contributed by atoms with van der Waals surface area (Å²) < 4.78 is 12.6. The third-order valence-corrected chi connectivity index (χ3v) is 3.42. The van der Waals surface area contributed by atoms with Gasteiger partial charge in [-0.1, -0.05) is 12.1 Å². The van der Waals surface area contributed by atoms with Crippen LogP contribution >= 0.6 is 0 Å². The fraction of sp³-hybridized carbons (Fsp3) is 0.188. The van der Waals surface area contributed by atoms with Crippen molar-refractivity contribution in [1.82, 2.24) is 9.55 Å².